The largest absolute Gasteiger partial charge is 0.586 e. The van der Waals surface area contributed by atoms with Crippen molar-refractivity contribution < 1.29 is 23.0 Å². The molecule has 1 N–H and O–H groups in total. The molecule has 8 heteroatoms. The number of benzene rings is 1. The van der Waals surface area contributed by atoms with Crippen LogP contribution in [0.15, 0.2) is 30.3 Å². The molecule has 1 aromatic heterocycles. The molecule has 1 aliphatic heterocycles. The van der Waals surface area contributed by atoms with Gasteiger partial charge in [0, 0.05) is 0 Å². The molecule has 2 aromatic rings. The van der Waals surface area contributed by atoms with Gasteiger partial charge in [0.15, 0.2) is 11.5 Å². The van der Waals surface area contributed by atoms with Crippen molar-refractivity contribution in [3.63, 3.8) is 0 Å². The van der Waals surface area contributed by atoms with Crippen molar-refractivity contribution in [3.05, 3.63) is 41.5 Å². The van der Waals surface area contributed by atoms with E-state index < -0.39 is 11.7 Å². The van der Waals surface area contributed by atoms with Gasteiger partial charge in [0.2, 0.25) is 5.91 Å². The molecule has 2 aliphatic rings. The molecule has 5 nitrogen and oxygen atoms in total. The van der Waals surface area contributed by atoms with E-state index in [4.69, 9.17) is 7.85 Å². The monoisotopic (exact) mass is 342 g/mol. The fraction of sp³-hybridized carbons (Fsp3) is 0.294. The molecule has 1 amide bonds. The van der Waals surface area contributed by atoms with Gasteiger partial charge in [0.05, 0.1) is 5.41 Å². The van der Waals surface area contributed by atoms with Crippen molar-refractivity contribution in [1.82, 2.24) is 4.98 Å². The van der Waals surface area contributed by atoms with Crippen LogP contribution in [0.1, 0.15) is 24.0 Å². The highest BCUT2D eigenvalue weighted by molar-refractivity contribution is 6.31. The number of hydrogen-bond donors (Lipinski definition) is 1. The number of hydrogen-bond acceptors (Lipinski definition) is 4. The van der Waals surface area contributed by atoms with E-state index in [2.05, 4.69) is 19.8 Å². The lowest BCUT2D eigenvalue weighted by Crippen LogP contribution is -2.29. The van der Waals surface area contributed by atoms with Gasteiger partial charge < -0.3 is 14.8 Å². The number of carbonyl (C=O) groups is 1. The number of aryl methyl sites for hydroxylation is 1. The minimum atomic E-state index is -3.68. The Morgan fingerprint density at radius 2 is 1.92 bits per heavy atom. The van der Waals surface area contributed by atoms with Crippen molar-refractivity contribution in [2.24, 2.45) is 0 Å². The van der Waals surface area contributed by atoms with Gasteiger partial charge in [-0.2, -0.15) is 0 Å². The van der Waals surface area contributed by atoms with Gasteiger partial charge in [-0.1, -0.05) is 12.1 Å². The van der Waals surface area contributed by atoms with Crippen molar-refractivity contribution in [3.8, 4) is 11.5 Å². The number of alkyl halides is 2. The molecule has 1 aliphatic carbocycles. The van der Waals surface area contributed by atoms with Crippen LogP contribution in [-0.2, 0) is 10.2 Å². The fourth-order valence-corrected chi connectivity index (χ4v) is 2.87. The van der Waals surface area contributed by atoms with Gasteiger partial charge in [-0.25, -0.2) is 4.98 Å². The van der Waals surface area contributed by atoms with Gasteiger partial charge in [-0.05, 0) is 54.7 Å². The molecular weight excluding hydrogens is 329 g/mol. The highest BCUT2D eigenvalue weighted by Crippen LogP contribution is 2.52. The Labute approximate surface area is 143 Å². The van der Waals surface area contributed by atoms with Crippen LogP contribution in [0.2, 0.25) is 0 Å². The molecule has 2 heterocycles. The SMILES string of the molecule is [B]c1nc(NC(=O)C2(c3ccc4c(c3)OC(F)(F)O4)CC2)ccc1C. The molecule has 25 heavy (non-hydrogen) atoms. The molecule has 0 bridgehead atoms. The standard InChI is InChI=1S/C17H13BF2N2O3/c1-9-2-5-13(21-14(9)18)22-15(23)16(6-7-16)10-3-4-11-12(8-10)25-17(19,20)24-11/h2-5,8H,6-7H2,1H3,(H,21,22,23). The molecule has 0 spiro atoms. The first-order chi connectivity index (χ1) is 11.8. The smallest absolute Gasteiger partial charge is 0.395 e. The Bertz CT molecular complexity index is 884. The summed E-state index contributed by atoms with van der Waals surface area (Å²) < 4.78 is 35.2. The van der Waals surface area contributed by atoms with Crippen LogP contribution in [0.25, 0.3) is 0 Å². The summed E-state index contributed by atoms with van der Waals surface area (Å²) in [5.74, 6) is -0.0160. The maximum atomic E-state index is 13.2. The van der Waals surface area contributed by atoms with Crippen LogP contribution in [0.5, 0.6) is 11.5 Å². The normalized spacial score (nSPS) is 18.7. The Morgan fingerprint density at radius 1 is 1.20 bits per heavy atom. The number of halogens is 2. The molecule has 1 aromatic carbocycles. The highest BCUT2D eigenvalue weighted by atomic mass is 19.3. The second-order valence-corrected chi connectivity index (χ2v) is 6.26. The predicted molar refractivity (Wildman–Crippen MR) is 86.5 cm³/mol. The van der Waals surface area contributed by atoms with Crippen LogP contribution < -0.4 is 20.4 Å². The first kappa shape index (κ1) is 15.9. The number of nitrogens with zero attached hydrogens (tertiary/aromatic N) is 1. The zero-order valence-corrected chi connectivity index (χ0v) is 13.3. The zero-order valence-electron chi connectivity index (χ0n) is 13.3. The summed E-state index contributed by atoms with van der Waals surface area (Å²) in [6.07, 6.45) is -2.46. The predicted octanol–water partition coefficient (Wildman–Crippen LogP) is 2.18. The van der Waals surface area contributed by atoms with Crippen molar-refractivity contribution in [2.45, 2.75) is 31.5 Å². The lowest BCUT2D eigenvalue weighted by molar-refractivity contribution is -0.286. The van der Waals surface area contributed by atoms with E-state index in [-0.39, 0.29) is 17.4 Å². The first-order valence-electron chi connectivity index (χ1n) is 7.74. The van der Waals surface area contributed by atoms with E-state index in [9.17, 15) is 13.6 Å². The molecule has 1 saturated carbocycles. The van der Waals surface area contributed by atoms with Gasteiger partial charge in [-0.15, -0.1) is 8.78 Å². The molecule has 0 saturated heterocycles. The Morgan fingerprint density at radius 3 is 2.60 bits per heavy atom. The van der Waals surface area contributed by atoms with Gasteiger partial charge in [0.1, 0.15) is 13.7 Å². The van der Waals surface area contributed by atoms with E-state index in [1.165, 1.54) is 12.1 Å². The number of amides is 1. The number of anilines is 1. The van der Waals surface area contributed by atoms with Crippen LogP contribution in [0.3, 0.4) is 0 Å². The molecule has 0 unspecified atom stereocenters. The average Bonchev–Trinajstić information content (AvgIpc) is 3.28. The van der Waals surface area contributed by atoms with Gasteiger partial charge in [-0.3, -0.25) is 4.79 Å². The third-order valence-corrected chi connectivity index (χ3v) is 4.52. The number of fused-ring (bicyclic) bond motifs is 1. The number of aromatic nitrogens is 1. The molecule has 4 rings (SSSR count). The Balaban J connectivity index is 1.58. The minimum absolute atomic E-state index is 0.0436. The second kappa shape index (κ2) is 5.18. The van der Waals surface area contributed by atoms with Gasteiger partial charge >= 0.3 is 6.29 Å². The third kappa shape index (κ3) is 2.71. The van der Waals surface area contributed by atoms with E-state index >= 15 is 0 Å². The highest BCUT2D eigenvalue weighted by Gasteiger charge is 2.52. The molecule has 126 valence electrons. The summed E-state index contributed by atoms with van der Waals surface area (Å²) in [5.41, 5.74) is 0.978. The summed E-state index contributed by atoms with van der Waals surface area (Å²) in [4.78, 5) is 16.8. The summed E-state index contributed by atoms with van der Waals surface area (Å²) in [6, 6.07) is 7.86. The third-order valence-electron chi connectivity index (χ3n) is 4.52. The van der Waals surface area contributed by atoms with Crippen molar-refractivity contribution in [1.29, 1.82) is 0 Å². The van der Waals surface area contributed by atoms with Gasteiger partial charge in [0.25, 0.3) is 0 Å². The number of ether oxygens (including phenoxy) is 2. The van der Waals surface area contributed by atoms with Crippen LogP contribution in [0.4, 0.5) is 14.6 Å². The fourth-order valence-electron chi connectivity index (χ4n) is 2.87. The Kier molecular flexibility index (Phi) is 3.29. The topological polar surface area (TPSA) is 60.5 Å². The van der Waals surface area contributed by atoms with E-state index in [1.54, 1.807) is 18.2 Å². The summed E-state index contributed by atoms with van der Waals surface area (Å²) in [5, 5.41) is 2.74. The summed E-state index contributed by atoms with van der Waals surface area (Å²) in [7, 11) is 5.76. The van der Waals surface area contributed by atoms with Crippen LogP contribution >= 0.6 is 0 Å². The number of rotatable bonds is 3. The van der Waals surface area contributed by atoms with Crippen molar-refractivity contribution >= 4 is 25.2 Å². The number of nitrogens with one attached hydrogen (secondary N) is 1. The second-order valence-electron chi connectivity index (χ2n) is 6.26. The van der Waals surface area contributed by atoms with Crippen LogP contribution in [-0.4, -0.2) is 25.0 Å². The lowest BCUT2D eigenvalue weighted by atomic mass is 9.94. The summed E-state index contributed by atoms with van der Waals surface area (Å²) >= 11 is 0. The van der Waals surface area contributed by atoms with Crippen molar-refractivity contribution in [2.75, 3.05) is 5.32 Å². The van der Waals surface area contributed by atoms with E-state index in [1.807, 2.05) is 6.92 Å². The van der Waals surface area contributed by atoms with Crippen LogP contribution in [0, 0.1) is 6.92 Å². The number of pyridine rings is 1. The summed E-state index contributed by atoms with van der Waals surface area (Å²) in [6.45, 7) is 1.82. The molecule has 0 atom stereocenters. The quantitative estimate of drug-likeness (QED) is 0.869. The van der Waals surface area contributed by atoms with E-state index in [0.717, 1.165) is 5.56 Å². The molecule has 1 fully saturated rings. The zero-order chi connectivity index (χ0) is 17.8. The maximum Gasteiger partial charge on any atom is 0.586 e. The minimum Gasteiger partial charge on any atom is -0.395 e. The maximum absolute atomic E-state index is 13.2. The molecular formula is C17H13BF2N2O3. The van der Waals surface area contributed by atoms with E-state index in [0.29, 0.717) is 29.8 Å². The molecule has 2 radical (unpaired) electrons. The first-order valence-corrected chi connectivity index (χ1v) is 7.74. The average molecular weight is 342 g/mol. The Hall–Kier alpha value is -2.64. The number of carbonyl (C=O) groups excluding carboxylic acids is 1. The lowest BCUT2D eigenvalue weighted by Gasteiger charge is -2.16.